The van der Waals surface area contributed by atoms with Crippen LogP contribution in [0.5, 0.6) is 0 Å². The minimum Gasteiger partial charge on any atom is -0.398 e. The molecule has 0 atom stereocenters. The Bertz CT molecular complexity index is 980. The molecular formula is C19H20N4O2. The molecule has 1 aromatic heterocycles. The molecule has 1 saturated heterocycles. The zero-order chi connectivity index (χ0) is 17.4. The Morgan fingerprint density at radius 1 is 1.04 bits per heavy atom. The molecule has 0 spiro atoms. The summed E-state index contributed by atoms with van der Waals surface area (Å²) in [5.41, 5.74) is 8.65. The fourth-order valence-electron chi connectivity index (χ4n) is 3.63. The molecule has 1 amide bonds. The van der Waals surface area contributed by atoms with E-state index in [2.05, 4.69) is 4.98 Å². The number of carbonyl (C=O) groups is 1. The second kappa shape index (κ2) is 6.12. The number of nitrogens with zero attached hydrogens (tertiary/aromatic N) is 2. The largest absolute Gasteiger partial charge is 0.398 e. The van der Waals surface area contributed by atoms with Crippen LogP contribution in [-0.4, -0.2) is 33.4 Å². The van der Waals surface area contributed by atoms with Crippen LogP contribution in [0, 0.1) is 0 Å². The van der Waals surface area contributed by atoms with E-state index >= 15 is 0 Å². The summed E-state index contributed by atoms with van der Waals surface area (Å²) < 4.78 is 1.83. The van der Waals surface area contributed by atoms with Crippen molar-refractivity contribution >= 4 is 22.6 Å². The fourth-order valence-corrected chi connectivity index (χ4v) is 3.63. The highest BCUT2D eigenvalue weighted by Crippen LogP contribution is 2.26. The summed E-state index contributed by atoms with van der Waals surface area (Å²) in [5, 5.41) is 0. The predicted molar refractivity (Wildman–Crippen MR) is 97.6 cm³/mol. The summed E-state index contributed by atoms with van der Waals surface area (Å²) in [5.74, 6) is -0.0391. The van der Waals surface area contributed by atoms with Crippen molar-refractivity contribution in [1.82, 2.24) is 14.5 Å². The first kappa shape index (κ1) is 15.5. The molecule has 2 aromatic carbocycles. The maximum Gasteiger partial charge on any atom is 0.326 e. The average molecular weight is 336 g/mol. The minimum absolute atomic E-state index is 0.0391. The number of hydrogen-bond donors (Lipinski definition) is 2. The van der Waals surface area contributed by atoms with E-state index in [1.54, 1.807) is 12.1 Å². The Kier molecular flexibility index (Phi) is 3.80. The van der Waals surface area contributed by atoms with Gasteiger partial charge in [-0.3, -0.25) is 9.36 Å². The van der Waals surface area contributed by atoms with Crippen molar-refractivity contribution in [3.8, 4) is 0 Å². The van der Waals surface area contributed by atoms with Crippen LogP contribution in [0.4, 0.5) is 5.69 Å². The number of nitrogens with two attached hydrogens (primary N) is 1. The summed E-state index contributed by atoms with van der Waals surface area (Å²) in [7, 11) is 0. The lowest BCUT2D eigenvalue weighted by Gasteiger charge is -2.32. The monoisotopic (exact) mass is 336 g/mol. The van der Waals surface area contributed by atoms with Gasteiger partial charge in [0, 0.05) is 24.8 Å². The fraction of sp³-hybridized carbons (Fsp3) is 0.263. The quantitative estimate of drug-likeness (QED) is 0.705. The smallest absolute Gasteiger partial charge is 0.326 e. The number of carbonyl (C=O) groups excluding carboxylic acids is 1. The summed E-state index contributed by atoms with van der Waals surface area (Å²) >= 11 is 0. The second-order valence-electron chi connectivity index (χ2n) is 6.43. The maximum absolute atomic E-state index is 12.7. The van der Waals surface area contributed by atoms with Crippen LogP contribution in [0.3, 0.4) is 0 Å². The first-order valence-electron chi connectivity index (χ1n) is 8.48. The van der Waals surface area contributed by atoms with E-state index < -0.39 is 0 Å². The van der Waals surface area contributed by atoms with Gasteiger partial charge in [0.05, 0.1) is 16.6 Å². The summed E-state index contributed by atoms with van der Waals surface area (Å²) in [6.07, 6.45) is 1.50. The van der Waals surface area contributed by atoms with Gasteiger partial charge in [-0.1, -0.05) is 24.3 Å². The molecule has 25 heavy (non-hydrogen) atoms. The third-order valence-corrected chi connectivity index (χ3v) is 4.93. The number of H-pyrrole nitrogens is 1. The molecule has 4 rings (SSSR count). The average Bonchev–Trinajstić information content (AvgIpc) is 2.97. The van der Waals surface area contributed by atoms with E-state index in [9.17, 15) is 9.59 Å². The van der Waals surface area contributed by atoms with Crippen molar-refractivity contribution in [3.63, 3.8) is 0 Å². The molecule has 1 fully saturated rings. The zero-order valence-corrected chi connectivity index (χ0v) is 13.8. The van der Waals surface area contributed by atoms with Gasteiger partial charge < -0.3 is 15.6 Å². The number of rotatable bonds is 2. The number of nitrogen functional groups attached to an aromatic ring is 1. The van der Waals surface area contributed by atoms with Crippen molar-refractivity contribution in [2.24, 2.45) is 0 Å². The van der Waals surface area contributed by atoms with Gasteiger partial charge >= 0.3 is 5.69 Å². The lowest BCUT2D eigenvalue weighted by Crippen LogP contribution is -2.40. The molecule has 2 heterocycles. The highest BCUT2D eigenvalue weighted by molar-refractivity contribution is 5.99. The van der Waals surface area contributed by atoms with Gasteiger partial charge in [-0.25, -0.2) is 4.79 Å². The Morgan fingerprint density at radius 3 is 2.48 bits per heavy atom. The molecule has 1 aliphatic rings. The number of para-hydroxylation sites is 3. The van der Waals surface area contributed by atoms with Crippen molar-refractivity contribution < 1.29 is 4.79 Å². The van der Waals surface area contributed by atoms with Gasteiger partial charge in [0.25, 0.3) is 5.91 Å². The number of likely N-dealkylation sites (tertiary alicyclic amines) is 1. The van der Waals surface area contributed by atoms with Crippen LogP contribution >= 0.6 is 0 Å². The number of amides is 1. The maximum atomic E-state index is 12.7. The molecule has 1 aliphatic heterocycles. The standard InChI is InChI=1S/C19H20N4O2/c20-15-6-2-1-5-14(15)18(24)22-11-9-13(10-12-22)23-17-8-4-3-7-16(17)21-19(23)25/h1-8,13H,9-12,20H2,(H,21,25). The summed E-state index contributed by atoms with van der Waals surface area (Å²) in [4.78, 5) is 29.7. The van der Waals surface area contributed by atoms with E-state index in [1.165, 1.54) is 0 Å². The van der Waals surface area contributed by atoms with Gasteiger partial charge in [-0.2, -0.15) is 0 Å². The third-order valence-electron chi connectivity index (χ3n) is 4.93. The van der Waals surface area contributed by atoms with Crippen molar-refractivity contribution in [3.05, 3.63) is 64.6 Å². The van der Waals surface area contributed by atoms with Crippen LogP contribution in [-0.2, 0) is 0 Å². The topological polar surface area (TPSA) is 84.1 Å². The molecule has 6 heteroatoms. The van der Waals surface area contributed by atoms with Crippen molar-refractivity contribution in [1.29, 1.82) is 0 Å². The van der Waals surface area contributed by atoms with Gasteiger partial charge in [-0.15, -0.1) is 0 Å². The van der Waals surface area contributed by atoms with E-state index in [0.29, 0.717) is 24.3 Å². The second-order valence-corrected chi connectivity index (χ2v) is 6.43. The molecule has 0 unspecified atom stereocenters. The van der Waals surface area contributed by atoms with Crippen LogP contribution in [0.15, 0.2) is 53.3 Å². The first-order chi connectivity index (χ1) is 12.1. The molecule has 0 bridgehead atoms. The van der Waals surface area contributed by atoms with Crippen LogP contribution in [0.2, 0.25) is 0 Å². The van der Waals surface area contributed by atoms with Crippen molar-refractivity contribution in [2.75, 3.05) is 18.8 Å². The molecule has 6 nitrogen and oxygen atoms in total. The molecule has 3 N–H and O–H groups in total. The van der Waals surface area contributed by atoms with E-state index in [0.717, 1.165) is 23.9 Å². The Hall–Kier alpha value is -3.02. The third kappa shape index (κ3) is 2.69. The van der Waals surface area contributed by atoms with Crippen LogP contribution < -0.4 is 11.4 Å². The SMILES string of the molecule is Nc1ccccc1C(=O)N1CCC(n2c(=O)[nH]c3ccccc32)CC1. The number of imidazole rings is 1. The Balaban J connectivity index is 1.54. The number of piperidine rings is 1. The first-order valence-corrected chi connectivity index (χ1v) is 8.48. The van der Waals surface area contributed by atoms with Crippen LogP contribution in [0.25, 0.3) is 11.0 Å². The number of aromatic amines is 1. The number of hydrogen-bond acceptors (Lipinski definition) is 3. The lowest BCUT2D eigenvalue weighted by atomic mass is 10.0. The van der Waals surface area contributed by atoms with Gasteiger partial charge in [0.15, 0.2) is 0 Å². The zero-order valence-electron chi connectivity index (χ0n) is 13.8. The molecule has 128 valence electrons. The van der Waals surface area contributed by atoms with E-state index in [1.807, 2.05) is 45.9 Å². The van der Waals surface area contributed by atoms with E-state index in [-0.39, 0.29) is 17.6 Å². The van der Waals surface area contributed by atoms with Crippen LogP contribution in [0.1, 0.15) is 29.2 Å². The normalized spacial score (nSPS) is 15.6. The van der Waals surface area contributed by atoms with Gasteiger partial charge in [0.1, 0.15) is 0 Å². The molecule has 0 saturated carbocycles. The highest BCUT2D eigenvalue weighted by atomic mass is 16.2. The minimum atomic E-state index is -0.0849. The molecule has 0 radical (unpaired) electrons. The summed E-state index contributed by atoms with van der Waals surface area (Å²) in [6, 6.07) is 14.9. The number of anilines is 1. The van der Waals surface area contributed by atoms with Gasteiger partial charge in [-0.05, 0) is 37.1 Å². The number of nitrogens with one attached hydrogen (secondary N) is 1. The number of aromatic nitrogens is 2. The Morgan fingerprint density at radius 2 is 1.72 bits per heavy atom. The molecular weight excluding hydrogens is 316 g/mol. The number of benzene rings is 2. The molecule has 3 aromatic rings. The van der Waals surface area contributed by atoms with Crippen molar-refractivity contribution in [2.45, 2.75) is 18.9 Å². The van der Waals surface area contributed by atoms with Gasteiger partial charge in [0.2, 0.25) is 0 Å². The molecule has 0 aliphatic carbocycles. The number of fused-ring (bicyclic) bond motifs is 1. The highest BCUT2D eigenvalue weighted by Gasteiger charge is 2.27. The Labute approximate surface area is 144 Å². The van der Waals surface area contributed by atoms with E-state index in [4.69, 9.17) is 5.73 Å². The predicted octanol–water partition coefficient (Wildman–Crippen LogP) is 2.39. The summed E-state index contributed by atoms with van der Waals surface area (Å²) in [6.45, 7) is 1.23. The lowest BCUT2D eigenvalue weighted by molar-refractivity contribution is 0.0696.